The molecule has 0 aliphatic carbocycles. The zero-order valence-corrected chi connectivity index (χ0v) is 22.0. The lowest BCUT2D eigenvalue weighted by molar-refractivity contribution is 0.348. The van der Waals surface area contributed by atoms with Crippen molar-refractivity contribution < 1.29 is 9.26 Å². The van der Waals surface area contributed by atoms with E-state index in [1.54, 1.807) is 11.7 Å². The molecule has 0 radical (unpaired) electrons. The first kappa shape index (κ1) is 25.9. The van der Waals surface area contributed by atoms with E-state index in [1.165, 1.54) is 0 Å². The molecule has 0 aliphatic heterocycles. The molecule has 0 unspecified atom stereocenters. The molecule has 2 heterocycles. The number of ether oxygens (including phenoxy) is 1. The Bertz CT molecular complexity index is 1670. The number of nitrogens with one attached hydrogen (secondary N) is 1. The van der Waals surface area contributed by atoms with E-state index in [1.807, 2.05) is 78.9 Å². The molecule has 5 aromatic rings. The maximum Gasteiger partial charge on any atom is 0.439 e. The van der Waals surface area contributed by atoms with Gasteiger partial charge in [-0.15, -0.1) is 0 Å². The highest BCUT2D eigenvalue weighted by molar-refractivity contribution is 5.80. The van der Waals surface area contributed by atoms with Gasteiger partial charge in [0.25, 0.3) is 11.6 Å². The van der Waals surface area contributed by atoms with Crippen LogP contribution in [0.5, 0.6) is 6.01 Å². The van der Waals surface area contributed by atoms with Crippen LogP contribution in [-0.2, 0) is 19.4 Å². The number of H-pyrrole nitrogens is 1. The number of hydrogen-bond donors (Lipinski definition) is 1. The van der Waals surface area contributed by atoms with Gasteiger partial charge in [-0.1, -0.05) is 97.4 Å². The van der Waals surface area contributed by atoms with Crippen LogP contribution in [0.2, 0.25) is 0 Å². The van der Waals surface area contributed by atoms with Gasteiger partial charge < -0.3 is 4.74 Å². The predicted molar refractivity (Wildman–Crippen MR) is 150 cm³/mol. The molecular formula is C31H30N4O4. The fourth-order valence-electron chi connectivity index (χ4n) is 4.70. The molecular weight excluding hydrogens is 492 g/mol. The lowest BCUT2D eigenvalue weighted by atomic mass is 9.96. The molecule has 0 aliphatic rings. The SMILES string of the molecule is CCCCc1nc(OC)n(Cc2ccccc2)c(=O)c1Cc1ccc(-c2ccccc2-c2noc(=O)[nH]2)cc1. The van der Waals surface area contributed by atoms with E-state index in [9.17, 15) is 9.59 Å². The summed E-state index contributed by atoms with van der Waals surface area (Å²) in [6, 6.07) is 25.9. The zero-order chi connectivity index (χ0) is 27.2. The lowest BCUT2D eigenvalue weighted by Gasteiger charge is -2.16. The predicted octanol–water partition coefficient (Wildman–Crippen LogP) is 5.24. The van der Waals surface area contributed by atoms with Gasteiger partial charge >= 0.3 is 5.76 Å². The van der Waals surface area contributed by atoms with Crippen LogP contribution in [0.25, 0.3) is 22.5 Å². The molecule has 1 N–H and O–H groups in total. The first-order valence-corrected chi connectivity index (χ1v) is 13.0. The number of benzene rings is 3. The Morgan fingerprint density at radius 3 is 2.28 bits per heavy atom. The number of aryl methyl sites for hydroxylation is 1. The van der Waals surface area contributed by atoms with Crippen LogP contribution in [0.4, 0.5) is 0 Å². The van der Waals surface area contributed by atoms with Gasteiger partial charge in [0.1, 0.15) is 0 Å². The highest BCUT2D eigenvalue weighted by Gasteiger charge is 2.18. The van der Waals surface area contributed by atoms with Crippen molar-refractivity contribution in [2.24, 2.45) is 0 Å². The van der Waals surface area contributed by atoms with Gasteiger partial charge in [0, 0.05) is 17.5 Å². The molecule has 0 bridgehead atoms. The number of rotatable bonds is 10. The summed E-state index contributed by atoms with van der Waals surface area (Å²) < 4.78 is 11.9. The van der Waals surface area contributed by atoms with E-state index in [4.69, 9.17) is 14.2 Å². The maximum absolute atomic E-state index is 13.8. The van der Waals surface area contributed by atoms with Crippen LogP contribution in [0.15, 0.2) is 93.0 Å². The second kappa shape index (κ2) is 11.8. The van der Waals surface area contributed by atoms with Crippen molar-refractivity contribution in [2.75, 3.05) is 7.11 Å². The first-order valence-electron chi connectivity index (χ1n) is 13.0. The monoisotopic (exact) mass is 522 g/mol. The van der Waals surface area contributed by atoms with E-state index in [2.05, 4.69) is 17.1 Å². The number of methoxy groups -OCH3 is 1. The first-order chi connectivity index (χ1) is 19.1. The average Bonchev–Trinajstić information content (AvgIpc) is 3.41. The van der Waals surface area contributed by atoms with Crippen molar-refractivity contribution in [3.63, 3.8) is 0 Å². The minimum Gasteiger partial charge on any atom is -0.468 e. The highest BCUT2D eigenvalue weighted by atomic mass is 16.5. The Morgan fingerprint density at radius 2 is 1.62 bits per heavy atom. The maximum atomic E-state index is 13.8. The molecule has 0 fully saturated rings. The second-order valence-electron chi connectivity index (χ2n) is 9.37. The number of nitrogens with zero attached hydrogens (tertiary/aromatic N) is 3. The summed E-state index contributed by atoms with van der Waals surface area (Å²) in [7, 11) is 1.55. The second-order valence-corrected chi connectivity index (χ2v) is 9.37. The topological polar surface area (TPSA) is 103 Å². The van der Waals surface area contributed by atoms with Gasteiger partial charge in [0.2, 0.25) is 0 Å². The number of aromatic amines is 1. The Morgan fingerprint density at radius 1 is 0.897 bits per heavy atom. The standard InChI is InChI=1S/C31H30N4O4/c1-3-4-14-27-26(29(36)35(30(32-27)38-2)20-22-10-6-5-7-11-22)19-21-15-17-23(18-16-21)24-12-8-9-13-25(24)28-33-31(37)39-34-28/h5-13,15-18H,3-4,14,19-20H2,1-2H3,(H,33,34,37). The van der Waals surface area contributed by atoms with Crippen molar-refractivity contribution >= 4 is 0 Å². The quantitative estimate of drug-likeness (QED) is 0.269. The van der Waals surface area contributed by atoms with Crippen molar-refractivity contribution in [1.29, 1.82) is 0 Å². The normalized spacial score (nSPS) is 11.0. The van der Waals surface area contributed by atoms with Crippen molar-refractivity contribution in [2.45, 2.75) is 39.2 Å². The van der Waals surface area contributed by atoms with Crippen LogP contribution in [0, 0.1) is 0 Å². The third-order valence-corrected chi connectivity index (χ3v) is 6.71. The molecule has 2 aromatic heterocycles. The Balaban J connectivity index is 1.50. The summed E-state index contributed by atoms with van der Waals surface area (Å²) >= 11 is 0. The average molecular weight is 523 g/mol. The van der Waals surface area contributed by atoms with Crippen molar-refractivity contribution in [3.8, 4) is 28.5 Å². The van der Waals surface area contributed by atoms with E-state index >= 15 is 0 Å². The zero-order valence-electron chi connectivity index (χ0n) is 22.0. The number of aromatic nitrogens is 4. The van der Waals surface area contributed by atoms with Crippen LogP contribution >= 0.6 is 0 Å². The molecule has 8 heteroatoms. The summed E-state index contributed by atoms with van der Waals surface area (Å²) in [6.07, 6.45) is 3.11. The van der Waals surface area contributed by atoms with E-state index in [0.717, 1.165) is 46.4 Å². The van der Waals surface area contributed by atoms with Crippen molar-refractivity contribution in [1.82, 2.24) is 19.7 Å². The Hall–Kier alpha value is -4.72. The third kappa shape index (κ3) is 5.75. The molecule has 0 amide bonds. The minimum absolute atomic E-state index is 0.0822. The molecule has 0 spiro atoms. The number of hydrogen-bond acceptors (Lipinski definition) is 6. The minimum atomic E-state index is -0.597. The number of unbranched alkanes of at least 4 members (excludes halogenated alkanes) is 1. The Labute approximate surface area is 225 Å². The van der Waals surface area contributed by atoms with Crippen LogP contribution in [0.3, 0.4) is 0 Å². The largest absolute Gasteiger partial charge is 0.468 e. The van der Waals surface area contributed by atoms with E-state index in [0.29, 0.717) is 36.8 Å². The van der Waals surface area contributed by atoms with Crippen LogP contribution in [-0.4, -0.2) is 26.8 Å². The summed E-state index contributed by atoms with van der Waals surface area (Å²) in [4.78, 5) is 32.7. The van der Waals surface area contributed by atoms with Gasteiger partial charge in [0.15, 0.2) is 5.82 Å². The molecule has 0 saturated heterocycles. The van der Waals surface area contributed by atoms with Gasteiger partial charge in [-0.05, 0) is 35.1 Å². The molecule has 198 valence electrons. The molecule has 3 aromatic carbocycles. The summed E-state index contributed by atoms with van der Waals surface area (Å²) in [5.74, 6) is -0.219. The van der Waals surface area contributed by atoms with Crippen LogP contribution in [0.1, 0.15) is 42.1 Å². The summed E-state index contributed by atoms with van der Waals surface area (Å²) in [5, 5.41) is 3.84. The Kier molecular flexibility index (Phi) is 7.82. The van der Waals surface area contributed by atoms with E-state index < -0.39 is 5.76 Å². The fourth-order valence-corrected chi connectivity index (χ4v) is 4.70. The summed E-state index contributed by atoms with van der Waals surface area (Å²) in [5.41, 5.74) is 6.03. The van der Waals surface area contributed by atoms with Gasteiger partial charge in [-0.3, -0.25) is 18.9 Å². The van der Waals surface area contributed by atoms with Gasteiger partial charge in [-0.25, -0.2) is 9.78 Å². The third-order valence-electron chi connectivity index (χ3n) is 6.71. The van der Waals surface area contributed by atoms with E-state index in [-0.39, 0.29) is 5.56 Å². The molecule has 0 atom stereocenters. The smallest absolute Gasteiger partial charge is 0.439 e. The lowest BCUT2D eigenvalue weighted by Crippen LogP contribution is -2.29. The van der Waals surface area contributed by atoms with Gasteiger partial charge in [0.05, 0.1) is 19.3 Å². The molecule has 5 rings (SSSR count). The summed E-state index contributed by atoms with van der Waals surface area (Å²) in [6.45, 7) is 2.51. The highest BCUT2D eigenvalue weighted by Crippen LogP contribution is 2.30. The fraction of sp³-hybridized carbons (Fsp3) is 0.226. The molecule has 0 saturated carbocycles. The molecule has 39 heavy (non-hydrogen) atoms. The van der Waals surface area contributed by atoms with Crippen LogP contribution < -0.4 is 16.1 Å². The van der Waals surface area contributed by atoms with Gasteiger partial charge in [-0.2, -0.15) is 0 Å². The van der Waals surface area contributed by atoms with Crippen molar-refractivity contribution in [3.05, 3.63) is 122 Å². The molecule has 8 nitrogen and oxygen atoms in total.